The lowest BCUT2D eigenvalue weighted by Crippen LogP contribution is -1.84. The Morgan fingerprint density at radius 2 is 0.567 bits per heavy atom. The van der Waals surface area contributed by atoms with E-state index < -0.39 is 0 Å². The number of hydrogen-bond donors (Lipinski definition) is 0. The minimum Gasteiger partial charge on any atom is -0.264 e. The van der Waals surface area contributed by atoms with E-state index in [0.717, 1.165) is 32.1 Å². The van der Waals surface area contributed by atoms with Gasteiger partial charge in [-0.1, -0.05) is 241 Å². The topological polar surface area (TPSA) is 64.5 Å². The molecule has 0 amide bonds. The standard InChI is InChI=1S/5C13H11N.10C2H6/c1-9-2-3-12-10(6-9)7-11-8-14-5-4-13(11)12;1-9-2-3-10-7-11-8-14-5-4-12(11)13(10)6-9;1-9-3-2-4-12-11-5-6-14-8-10(11)7-13(9)12;1-9-3-2-4-11-12(9)7-10-5-6-14-8-13(10)11;1-9-3-2-4-10-7-11-8-14-6-5-12(11)13(9)10;10*1-2/h5*2-6,8H,7H2,1H3;10*1-2H3. The zero-order valence-electron chi connectivity index (χ0n) is 60.6. The summed E-state index contributed by atoms with van der Waals surface area (Å²) in [5.41, 5.74) is 34.6. The molecular weight excluding hydrogens is 1090 g/mol. The van der Waals surface area contributed by atoms with E-state index in [1.54, 1.807) is 0 Å². The molecule has 0 atom stereocenters. The molecule has 5 aromatic heterocycles. The summed E-state index contributed by atoms with van der Waals surface area (Å²) in [5.74, 6) is 0. The molecule has 0 bridgehead atoms. The Kier molecular flexibility index (Phi) is 40.1. The van der Waals surface area contributed by atoms with Crippen LogP contribution < -0.4 is 0 Å². The Labute approximate surface area is 549 Å². The van der Waals surface area contributed by atoms with E-state index in [-0.39, 0.29) is 0 Å². The number of benzene rings is 5. The summed E-state index contributed by atoms with van der Waals surface area (Å²) in [7, 11) is 0. The average Bonchev–Trinajstić information content (AvgIpc) is 2.25. The number of aromatic nitrogens is 5. The third-order valence-corrected chi connectivity index (χ3v) is 14.5. The lowest BCUT2D eigenvalue weighted by atomic mass is 10.0. The van der Waals surface area contributed by atoms with Crippen molar-refractivity contribution in [3.8, 4) is 55.6 Å². The van der Waals surface area contributed by atoms with Gasteiger partial charge in [0.1, 0.15) is 0 Å². The Hall–Kier alpha value is -8.15. The molecule has 5 heteroatoms. The summed E-state index contributed by atoms with van der Waals surface area (Å²) in [6.07, 6.45) is 24.5. The molecule has 15 rings (SSSR count). The van der Waals surface area contributed by atoms with Crippen molar-refractivity contribution in [1.29, 1.82) is 0 Å². The molecule has 5 aromatic carbocycles. The van der Waals surface area contributed by atoms with Gasteiger partial charge in [-0.2, -0.15) is 0 Å². The molecule has 0 fully saturated rings. The van der Waals surface area contributed by atoms with Crippen molar-refractivity contribution in [3.63, 3.8) is 0 Å². The first-order valence-electron chi connectivity index (χ1n) is 34.4. The van der Waals surface area contributed by atoms with Gasteiger partial charge in [-0.15, -0.1) is 0 Å². The van der Waals surface area contributed by atoms with Crippen LogP contribution in [-0.4, -0.2) is 24.9 Å². The quantitative estimate of drug-likeness (QED) is 0.151. The number of nitrogens with zero attached hydrogens (tertiary/aromatic N) is 5. The van der Waals surface area contributed by atoms with E-state index in [9.17, 15) is 0 Å². The fourth-order valence-electron chi connectivity index (χ4n) is 11.0. The molecule has 90 heavy (non-hydrogen) atoms. The lowest BCUT2D eigenvalue weighted by molar-refractivity contribution is 1.18. The third kappa shape index (κ3) is 20.7. The van der Waals surface area contributed by atoms with Gasteiger partial charge in [0.05, 0.1) is 0 Å². The Bertz CT molecular complexity index is 3500. The highest BCUT2D eigenvalue weighted by molar-refractivity contribution is 5.81. The first-order valence-corrected chi connectivity index (χ1v) is 34.4. The van der Waals surface area contributed by atoms with Gasteiger partial charge in [0.25, 0.3) is 0 Å². The van der Waals surface area contributed by atoms with E-state index in [0.29, 0.717) is 0 Å². The van der Waals surface area contributed by atoms with Gasteiger partial charge >= 0.3 is 0 Å². The smallest absolute Gasteiger partial charge is 0.0349 e. The number of aryl methyl sites for hydroxylation is 5. The van der Waals surface area contributed by atoms with Crippen molar-refractivity contribution >= 4 is 0 Å². The van der Waals surface area contributed by atoms with Crippen molar-refractivity contribution in [2.45, 2.75) is 205 Å². The number of hydrogen-bond acceptors (Lipinski definition) is 5. The molecule has 5 aliphatic rings. The van der Waals surface area contributed by atoms with E-state index in [2.05, 4.69) is 181 Å². The molecule has 5 heterocycles. The van der Waals surface area contributed by atoms with Gasteiger partial charge in [0, 0.05) is 93.2 Å². The summed E-state index contributed by atoms with van der Waals surface area (Å²) in [6.45, 7) is 50.8. The predicted octanol–water partition coefficient (Wildman–Crippen LogP) is 25.1. The third-order valence-electron chi connectivity index (χ3n) is 14.5. The normalized spacial score (nSPS) is 10.3. The van der Waals surface area contributed by atoms with Crippen LogP contribution in [-0.2, 0) is 32.1 Å². The molecule has 480 valence electrons. The van der Waals surface area contributed by atoms with E-state index in [4.69, 9.17) is 0 Å². The van der Waals surface area contributed by atoms with Gasteiger partial charge in [-0.3, -0.25) is 24.9 Å². The molecule has 5 nitrogen and oxygen atoms in total. The summed E-state index contributed by atoms with van der Waals surface area (Å²) in [5, 5.41) is 0. The van der Waals surface area contributed by atoms with Crippen LogP contribution in [0.15, 0.2) is 183 Å². The van der Waals surface area contributed by atoms with Gasteiger partial charge in [-0.05, 0) is 194 Å². The van der Waals surface area contributed by atoms with Gasteiger partial charge in [-0.25, -0.2) is 0 Å². The monoisotopic (exact) mass is 1210 g/mol. The summed E-state index contributed by atoms with van der Waals surface area (Å²) >= 11 is 0. The second kappa shape index (κ2) is 45.2. The number of fused-ring (bicyclic) bond motifs is 15. The van der Waals surface area contributed by atoms with E-state index in [1.807, 2.05) is 200 Å². The molecule has 0 saturated heterocycles. The highest BCUT2D eigenvalue weighted by Crippen LogP contribution is 2.41. The van der Waals surface area contributed by atoms with Crippen LogP contribution in [0, 0.1) is 34.6 Å². The van der Waals surface area contributed by atoms with Crippen molar-refractivity contribution < 1.29 is 0 Å². The lowest BCUT2D eigenvalue weighted by Gasteiger charge is -2.03. The van der Waals surface area contributed by atoms with E-state index in [1.165, 1.54) is 139 Å². The van der Waals surface area contributed by atoms with E-state index >= 15 is 0 Å². The van der Waals surface area contributed by atoms with Crippen molar-refractivity contribution in [3.05, 3.63) is 267 Å². The second-order valence-corrected chi connectivity index (χ2v) is 19.2. The Balaban J connectivity index is 0.000000525. The highest BCUT2D eigenvalue weighted by Gasteiger charge is 2.22. The summed E-state index contributed by atoms with van der Waals surface area (Å²) < 4.78 is 0. The van der Waals surface area contributed by atoms with Crippen LogP contribution in [0.3, 0.4) is 0 Å². The van der Waals surface area contributed by atoms with Crippen LogP contribution in [0.4, 0.5) is 0 Å². The molecule has 5 aliphatic carbocycles. The van der Waals surface area contributed by atoms with Crippen LogP contribution in [0.1, 0.15) is 222 Å². The predicted molar refractivity (Wildman–Crippen MR) is 400 cm³/mol. The van der Waals surface area contributed by atoms with Crippen molar-refractivity contribution in [1.82, 2.24) is 24.9 Å². The summed E-state index contributed by atoms with van der Waals surface area (Å²) in [4.78, 5) is 20.8. The molecule has 10 aromatic rings. The van der Waals surface area contributed by atoms with Crippen LogP contribution in [0.25, 0.3) is 55.6 Å². The van der Waals surface area contributed by atoms with Gasteiger partial charge in [0.2, 0.25) is 0 Å². The largest absolute Gasteiger partial charge is 0.264 e. The molecule has 0 aliphatic heterocycles. The Morgan fingerprint density at radius 1 is 0.222 bits per heavy atom. The van der Waals surface area contributed by atoms with Crippen molar-refractivity contribution in [2.24, 2.45) is 0 Å². The Morgan fingerprint density at radius 3 is 1.10 bits per heavy atom. The fraction of sp³-hybridized carbons (Fsp3) is 0.353. The minimum atomic E-state index is 1.04. The van der Waals surface area contributed by atoms with Crippen LogP contribution in [0.2, 0.25) is 0 Å². The maximum Gasteiger partial charge on any atom is 0.0349 e. The first kappa shape index (κ1) is 79.9. The zero-order valence-corrected chi connectivity index (χ0v) is 60.6. The zero-order chi connectivity index (χ0) is 67.7. The SMILES string of the molecule is CC.CC.CC.CC.CC.CC.CC.CC.CC.CC.Cc1ccc2c(c1)-c1ccncc1C2.Cc1ccc2c(c1)Cc1cnccc1-2.Cc1cccc2c1-c1ccncc1C2.Cc1cccc2c1Cc1ccncc1-2.Cc1cccc2c1Cc1cnccc1-2. The molecule has 0 radical (unpaired) electrons. The molecular formula is C85H115N5. The molecule has 0 unspecified atom stereocenters. The number of rotatable bonds is 0. The summed E-state index contributed by atoms with van der Waals surface area (Å²) in [6, 6.07) is 43.4. The maximum absolute atomic E-state index is 4.18. The number of pyridine rings is 5. The van der Waals surface area contributed by atoms with Crippen molar-refractivity contribution in [2.75, 3.05) is 0 Å². The molecule has 0 N–H and O–H groups in total. The van der Waals surface area contributed by atoms with Crippen LogP contribution >= 0.6 is 0 Å². The minimum absolute atomic E-state index is 1.04. The highest BCUT2D eigenvalue weighted by atomic mass is 14.6. The van der Waals surface area contributed by atoms with Gasteiger partial charge in [0.15, 0.2) is 0 Å². The fourth-order valence-corrected chi connectivity index (χ4v) is 11.0. The van der Waals surface area contributed by atoms with Crippen LogP contribution in [0.5, 0.6) is 0 Å². The maximum atomic E-state index is 4.18. The average molecular weight is 1210 g/mol. The van der Waals surface area contributed by atoms with Gasteiger partial charge < -0.3 is 0 Å². The first-order chi connectivity index (χ1) is 44.3. The second-order valence-electron chi connectivity index (χ2n) is 19.2. The molecule has 0 spiro atoms. The molecule has 0 saturated carbocycles.